The topological polar surface area (TPSA) is 79.3 Å². The summed E-state index contributed by atoms with van der Waals surface area (Å²) in [4.78, 5) is 32.8. The van der Waals surface area contributed by atoms with Crippen LogP contribution in [0.3, 0.4) is 0 Å². The average Bonchev–Trinajstić information content (AvgIpc) is 2.67. The van der Waals surface area contributed by atoms with Gasteiger partial charge in [0.1, 0.15) is 6.54 Å². The Labute approximate surface area is 161 Å². The normalized spacial score (nSPS) is 12.2. The van der Waals surface area contributed by atoms with Gasteiger partial charge in [0.15, 0.2) is 12.4 Å². The first kappa shape index (κ1) is 17.9. The first-order valence-electron chi connectivity index (χ1n) is 9.16. The summed E-state index contributed by atoms with van der Waals surface area (Å²) in [6.07, 6.45) is 0. The number of likely N-dealkylation sites (N-methyl/N-ethyl adjacent to an activating group) is 1. The molecule has 1 unspecified atom stereocenters. The summed E-state index contributed by atoms with van der Waals surface area (Å²) < 4.78 is 0. The predicted octanol–water partition coefficient (Wildman–Crippen LogP) is 1.73. The number of para-hydroxylation sites is 1. The lowest BCUT2D eigenvalue weighted by Crippen LogP contribution is -3.08. The number of aromatic amines is 1. The quantitative estimate of drug-likeness (QED) is 0.498. The Morgan fingerprint density at radius 3 is 2.64 bits per heavy atom. The standard InChI is InChI=1S/C22H20N4O2/c1-26(13-20-24-19-9-5-4-8-18(19)22(28)25-20)14-21(27)23-17-11-10-15-6-2-3-7-16(15)12-17/h2-12H,13-14H2,1H3,(H,23,27)(H,24,25,28)/p+1. The van der Waals surface area contributed by atoms with E-state index in [0.29, 0.717) is 23.3 Å². The summed E-state index contributed by atoms with van der Waals surface area (Å²) in [5.74, 6) is 0.482. The van der Waals surface area contributed by atoms with Crippen LogP contribution in [0.2, 0.25) is 0 Å². The van der Waals surface area contributed by atoms with E-state index in [0.717, 1.165) is 21.4 Å². The molecule has 6 heteroatoms. The van der Waals surface area contributed by atoms with E-state index in [1.807, 2.05) is 67.7 Å². The lowest BCUT2D eigenvalue weighted by molar-refractivity contribution is -0.885. The van der Waals surface area contributed by atoms with Crippen LogP contribution in [-0.2, 0) is 11.3 Å². The number of anilines is 1. The predicted molar refractivity (Wildman–Crippen MR) is 110 cm³/mol. The van der Waals surface area contributed by atoms with E-state index in [1.54, 1.807) is 6.07 Å². The summed E-state index contributed by atoms with van der Waals surface area (Å²) in [7, 11) is 1.90. The van der Waals surface area contributed by atoms with E-state index >= 15 is 0 Å². The molecule has 3 aromatic carbocycles. The van der Waals surface area contributed by atoms with Crippen molar-refractivity contribution in [3.8, 4) is 0 Å². The molecule has 1 amide bonds. The molecule has 0 fully saturated rings. The van der Waals surface area contributed by atoms with Gasteiger partial charge in [0.25, 0.3) is 11.5 Å². The highest BCUT2D eigenvalue weighted by atomic mass is 16.2. The van der Waals surface area contributed by atoms with Crippen molar-refractivity contribution < 1.29 is 9.69 Å². The maximum Gasteiger partial charge on any atom is 0.279 e. The molecule has 0 saturated heterocycles. The zero-order chi connectivity index (χ0) is 19.5. The number of hydrogen-bond acceptors (Lipinski definition) is 3. The maximum atomic E-state index is 12.4. The Balaban J connectivity index is 1.42. The minimum absolute atomic E-state index is 0.0871. The fourth-order valence-electron chi connectivity index (χ4n) is 3.31. The van der Waals surface area contributed by atoms with Gasteiger partial charge in [0, 0.05) is 5.69 Å². The average molecular weight is 373 g/mol. The smallest absolute Gasteiger partial charge is 0.279 e. The second-order valence-corrected chi connectivity index (χ2v) is 6.95. The number of carbonyl (C=O) groups excluding carboxylic acids is 1. The Morgan fingerprint density at radius 1 is 1.04 bits per heavy atom. The first-order chi connectivity index (χ1) is 13.6. The SMILES string of the molecule is C[NH+](CC(=O)Nc1ccc2ccccc2c1)Cc1nc2ccccc2c(=O)[nH]1. The number of H-pyrrole nitrogens is 1. The monoisotopic (exact) mass is 373 g/mol. The first-order valence-corrected chi connectivity index (χ1v) is 9.16. The van der Waals surface area contributed by atoms with Gasteiger partial charge in [-0.3, -0.25) is 9.59 Å². The van der Waals surface area contributed by atoms with Crippen LogP contribution in [0.4, 0.5) is 5.69 Å². The number of hydrogen-bond donors (Lipinski definition) is 3. The summed E-state index contributed by atoms with van der Waals surface area (Å²) >= 11 is 0. The highest BCUT2D eigenvalue weighted by Gasteiger charge is 2.13. The third-order valence-corrected chi connectivity index (χ3v) is 4.63. The van der Waals surface area contributed by atoms with Crippen LogP contribution >= 0.6 is 0 Å². The van der Waals surface area contributed by atoms with Crippen molar-refractivity contribution in [2.45, 2.75) is 6.54 Å². The molecule has 0 saturated carbocycles. The number of rotatable bonds is 5. The third-order valence-electron chi connectivity index (χ3n) is 4.63. The molecule has 28 heavy (non-hydrogen) atoms. The number of aromatic nitrogens is 2. The molecule has 0 spiro atoms. The molecule has 1 atom stereocenters. The number of nitrogens with zero attached hydrogens (tertiary/aromatic N) is 1. The van der Waals surface area contributed by atoms with E-state index < -0.39 is 0 Å². The summed E-state index contributed by atoms with van der Waals surface area (Å²) in [5.41, 5.74) is 1.28. The zero-order valence-corrected chi connectivity index (χ0v) is 15.5. The molecular formula is C22H21N4O2+. The molecule has 1 heterocycles. The van der Waals surface area contributed by atoms with Gasteiger partial charge in [-0.25, -0.2) is 4.98 Å². The number of quaternary nitrogens is 1. The van der Waals surface area contributed by atoms with Gasteiger partial charge in [-0.15, -0.1) is 0 Å². The van der Waals surface area contributed by atoms with E-state index in [9.17, 15) is 9.59 Å². The molecule has 0 aliphatic heterocycles. The van der Waals surface area contributed by atoms with E-state index in [2.05, 4.69) is 15.3 Å². The lowest BCUT2D eigenvalue weighted by Gasteiger charge is -2.14. The molecular weight excluding hydrogens is 352 g/mol. The van der Waals surface area contributed by atoms with E-state index in [4.69, 9.17) is 0 Å². The number of fused-ring (bicyclic) bond motifs is 2. The van der Waals surface area contributed by atoms with Crippen LogP contribution in [0, 0.1) is 0 Å². The molecule has 3 N–H and O–H groups in total. The van der Waals surface area contributed by atoms with Gasteiger partial charge in [-0.05, 0) is 35.0 Å². The van der Waals surface area contributed by atoms with Crippen LogP contribution in [-0.4, -0.2) is 29.5 Å². The van der Waals surface area contributed by atoms with Crippen molar-refractivity contribution in [2.75, 3.05) is 18.9 Å². The molecule has 140 valence electrons. The second-order valence-electron chi connectivity index (χ2n) is 6.95. The number of nitrogens with one attached hydrogen (secondary N) is 3. The summed E-state index contributed by atoms with van der Waals surface area (Å²) in [6.45, 7) is 0.717. The van der Waals surface area contributed by atoms with Crippen molar-refractivity contribution >= 4 is 33.3 Å². The number of amides is 1. The van der Waals surface area contributed by atoms with Crippen molar-refractivity contribution in [3.05, 3.63) is 82.9 Å². The van der Waals surface area contributed by atoms with E-state index in [-0.39, 0.29) is 18.0 Å². The molecule has 0 radical (unpaired) electrons. The minimum atomic E-state index is -0.158. The maximum absolute atomic E-state index is 12.4. The van der Waals surface area contributed by atoms with Gasteiger partial charge < -0.3 is 15.2 Å². The second kappa shape index (κ2) is 7.62. The number of carbonyl (C=O) groups is 1. The van der Waals surface area contributed by atoms with Gasteiger partial charge in [0.05, 0.1) is 18.0 Å². The summed E-state index contributed by atoms with van der Waals surface area (Å²) in [6, 6.07) is 21.1. The van der Waals surface area contributed by atoms with Crippen LogP contribution < -0.4 is 15.8 Å². The lowest BCUT2D eigenvalue weighted by atomic mass is 10.1. The fourth-order valence-corrected chi connectivity index (χ4v) is 3.31. The van der Waals surface area contributed by atoms with Gasteiger partial charge in [-0.2, -0.15) is 0 Å². The highest BCUT2D eigenvalue weighted by molar-refractivity contribution is 5.94. The van der Waals surface area contributed by atoms with Crippen LogP contribution in [0.25, 0.3) is 21.7 Å². The highest BCUT2D eigenvalue weighted by Crippen LogP contribution is 2.18. The van der Waals surface area contributed by atoms with Gasteiger partial charge in [0.2, 0.25) is 0 Å². The zero-order valence-electron chi connectivity index (χ0n) is 15.5. The molecule has 6 nitrogen and oxygen atoms in total. The Bertz CT molecular complexity index is 1220. The van der Waals surface area contributed by atoms with Gasteiger partial charge >= 0.3 is 0 Å². The van der Waals surface area contributed by atoms with Crippen LogP contribution in [0.5, 0.6) is 0 Å². The minimum Gasteiger partial charge on any atom is -0.323 e. The van der Waals surface area contributed by atoms with Crippen molar-refractivity contribution in [3.63, 3.8) is 0 Å². The molecule has 0 bridgehead atoms. The largest absolute Gasteiger partial charge is 0.323 e. The third kappa shape index (κ3) is 3.92. The number of benzene rings is 3. The van der Waals surface area contributed by atoms with Crippen molar-refractivity contribution in [1.82, 2.24) is 9.97 Å². The fraction of sp³-hybridized carbons (Fsp3) is 0.136. The molecule has 0 aliphatic rings. The van der Waals surface area contributed by atoms with Crippen LogP contribution in [0.15, 0.2) is 71.5 Å². The van der Waals surface area contributed by atoms with Gasteiger partial charge in [-0.1, -0.05) is 42.5 Å². The molecule has 4 rings (SSSR count). The van der Waals surface area contributed by atoms with Crippen molar-refractivity contribution in [1.29, 1.82) is 0 Å². The van der Waals surface area contributed by atoms with Crippen LogP contribution in [0.1, 0.15) is 5.82 Å². The molecule has 0 aliphatic carbocycles. The Morgan fingerprint density at radius 2 is 1.79 bits per heavy atom. The molecule has 1 aromatic heterocycles. The van der Waals surface area contributed by atoms with Crippen molar-refractivity contribution in [2.24, 2.45) is 0 Å². The summed E-state index contributed by atoms with van der Waals surface area (Å²) in [5, 5.41) is 5.72. The Hall–Kier alpha value is -3.51. The molecule has 4 aromatic rings. The Kier molecular flexibility index (Phi) is 4.87. The van der Waals surface area contributed by atoms with E-state index in [1.165, 1.54) is 0 Å².